The van der Waals surface area contributed by atoms with Crippen molar-refractivity contribution in [2.45, 2.75) is 53.0 Å². The van der Waals surface area contributed by atoms with Gasteiger partial charge < -0.3 is 9.88 Å². The van der Waals surface area contributed by atoms with E-state index in [-0.39, 0.29) is 5.91 Å². The topological polar surface area (TPSA) is 46.9 Å². The standard InChI is InChI=1S/C31H35N3O/c1-23-20-24(2)27(25(3)21-23)22-34-29-15-10-9-14-28(29)33-30(34)16-8-5-11-19-32-31(35)18-17-26-12-6-4-7-13-26/h4,6-7,9-10,12-15,17-18,20-21H,5,8,11,16,19,22H2,1-3H3,(H,32,35)/b18-17+. The molecule has 1 amide bonds. The van der Waals surface area contributed by atoms with E-state index >= 15 is 0 Å². The van der Waals surface area contributed by atoms with Crippen LogP contribution in [0.25, 0.3) is 17.1 Å². The number of hydrogen-bond donors (Lipinski definition) is 1. The maximum absolute atomic E-state index is 12.1. The predicted molar refractivity (Wildman–Crippen MR) is 146 cm³/mol. The Morgan fingerprint density at radius 2 is 1.63 bits per heavy atom. The summed E-state index contributed by atoms with van der Waals surface area (Å²) in [4.78, 5) is 17.0. The van der Waals surface area contributed by atoms with Gasteiger partial charge in [-0.2, -0.15) is 0 Å². The van der Waals surface area contributed by atoms with Crippen LogP contribution in [-0.2, 0) is 17.8 Å². The van der Waals surface area contributed by atoms with E-state index in [0.717, 1.165) is 49.1 Å². The van der Waals surface area contributed by atoms with E-state index in [2.05, 4.69) is 67.1 Å². The summed E-state index contributed by atoms with van der Waals surface area (Å²) < 4.78 is 2.39. The van der Waals surface area contributed by atoms with Crippen LogP contribution < -0.4 is 5.32 Å². The average Bonchev–Trinajstić information content (AvgIpc) is 3.20. The summed E-state index contributed by atoms with van der Waals surface area (Å²) in [7, 11) is 0. The van der Waals surface area contributed by atoms with E-state index in [1.54, 1.807) is 6.08 Å². The highest BCUT2D eigenvalue weighted by molar-refractivity contribution is 5.91. The molecule has 0 spiro atoms. The number of para-hydroxylation sites is 2. The maximum Gasteiger partial charge on any atom is 0.243 e. The molecule has 0 saturated carbocycles. The summed E-state index contributed by atoms with van der Waals surface area (Å²) in [5, 5.41) is 2.99. The molecular weight excluding hydrogens is 430 g/mol. The van der Waals surface area contributed by atoms with E-state index < -0.39 is 0 Å². The van der Waals surface area contributed by atoms with Crippen LogP contribution in [-0.4, -0.2) is 22.0 Å². The number of nitrogens with one attached hydrogen (secondary N) is 1. The first-order valence-electron chi connectivity index (χ1n) is 12.5. The summed E-state index contributed by atoms with van der Waals surface area (Å²) in [5.41, 5.74) is 8.64. The Labute approximate surface area is 208 Å². The Morgan fingerprint density at radius 1 is 0.914 bits per heavy atom. The molecule has 4 rings (SSSR count). The van der Waals surface area contributed by atoms with Crippen molar-refractivity contribution in [1.29, 1.82) is 0 Å². The van der Waals surface area contributed by atoms with Crippen molar-refractivity contribution >= 4 is 23.0 Å². The Morgan fingerprint density at radius 3 is 2.40 bits per heavy atom. The summed E-state index contributed by atoms with van der Waals surface area (Å²) >= 11 is 0. The Hall–Kier alpha value is -3.66. The number of fused-ring (bicyclic) bond motifs is 1. The molecule has 0 radical (unpaired) electrons. The molecule has 35 heavy (non-hydrogen) atoms. The third kappa shape index (κ3) is 6.48. The third-order valence-electron chi connectivity index (χ3n) is 6.49. The lowest BCUT2D eigenvalue weighted by atomic mass is 9.99. The smallest absolute Gasteiger partial charge is 0.243 e. The number of imidazole rings is 1. The van der Waals surface area contributed by atoms with Crippen molar-refractivity contribution in [1.82, 2.24) is 14.9 Å². The van der Waals surface area contributed by atoms with Gasteiger partial charge in [0.05, 0.1) is 11.0 Å². The number of amides is 1. The summed E-state index contributed by atoms with van der Waals surface area (Å²) in [5.74, 6) is 1.10. The SMILES string of the molecule is Cc1cc(C)c(Cn2c(CCCCCNC(=O)/C=C/c3ccccc3)nc3ccccc32)c(C)c1. The molecule has 1 N–H and O–H groups in total. The van der Waals surface area contributed by atoms with Crippen LogP contribution in [0, 0.1) is 20.8 Å². The van der Waals surface area contributed by atoms with Crippen LogP contribution in [0.3, 0.4) is 0 Å². The molecule has 180 valence electrons. The minimum Gasteiger partial charge on any atom is -0.353 e. The lowest BCUT2D eigenvalue weighted by Gasteiger charge is -2.15. The first-order chi connectivity index (χ1) is 17.0. The number of carbonyl (C=O) groups is 1. The summed E-state index contributed by atoms with van der Waals surface area (Å²) in [6.45, 7) is 8.10. The normalized spacial score (nSPS) is 11.4. The Bertz CT molecular complexity index is 1290. The molecule has 4 nitrogen and oxygen atoms in total. The molecule has 1 heterocycles. The molecule has 4 heteroatoms. The number of benzene rings is 3. The molecule has 3 aromatic carbocycles. The number of aryl methyl sites for hydroxylation is 4. The number of unbranched alkanes of at least 4 members (excludes halogenated alkanes) is 2. The van der Waals surface area contributed by atoms with Gasteiger partial charge in [0.25, 0.3) is 0 Å². The van der Waals surface area contributed by atoms with E-state index in [1.807, 2.05) is 36.4 Å². The predicted octanol–water partition coefficient (Wildman–Crippen LogP) is 6.55. The molecule has 0 atom stereocenters. The van der Waals surface area contributed by atoms with Crippen molar-refractivity contribution in [2.24, 2.45) is 0 Å². The number of nitrogens with zero attached hydrogens (tertiary/aromatic N) is 2. The van der Waals surface area contributed by atoms with E-state index in [9.17, 15) is 4.79 Å². The fourth-order valence-electron chi connectivity index (χ4n) is 4.70. The molecule has 0 fully saturated rings. The fraction of sp³-hybridized carbons (Fsp3) is 0.290. The molecule has 1 aromatic heterocycles. The van der Waals surface area contributed by atoms with Crippen molar-refractivity contribution in [2.75, 3.05) is 6.54 Å². The van der Waals surface area contributed by atoms with Crippen LogP contribution >= 0.6 is 0 Å². The summed E-state index contributed by atoms with van der Waals surface area (Å²) in [6, 6.07) is 22.8. The largest absolute Gasteiger partial charge is 0.353 e. The third-order valence-corrected chi connectivity index (χ3v) is 6.49. The highest BCUT2D eigenvalue weighted by Crippen LogP contribution is 2.23. The number of rotatable bonds is 10. The van der Waals surface area contributed by atoms with Crippen molar-refractivity contribution in [3.8, 4) is 0 Å². The van der Waals surface area contributed by atoms with E-state index in [1.165, 1.54) is 27.8 Å². The maximum atomic E-state index is 12.1. The van der Waals surface area contributed by atoms with Gasteiger partial charge in [-0.25, -0.2) is 4.98 Å². The van der Waals surface area contributed by atoms with Gasteiger partial charge in [-0.1, -0.05) is 66.6 Å². The average molecular weight is 466 g/mol. The van der Waals surface area contributed by atoms with Crippen molar-refractivity contribution in [3.63, 3.8) is 0 Å². The van der Waals surface area contributed by atoms with Crippen LogP contribution in [0.4, 0.5) is 0 Å². The molecule has 0 bridgehead atoms. The second-order valence-corrected chi connectivity index (χ2v) is 9.33. The minimum atomic E-state index is -0.0421. The molecule has 4 aromatic rings. The quantitative estimate of drug-likeness (QED) is 0.213. The van der Waals surface area contributed by atoms with Gasteiger partial charge in [0.2, 0.25) is 5.91 Å². The number of aromatic nitrogens is 2. The van der Waals surface area contributed by atoms with E-state index in [4.69, 9.17) is 4.98 Å². The molecular formula is C31H35N3O. The van der Waals surface area contributed by atoms with Crippen LogP contribution in [0.2, 0.25) is 0 Å². The molecule has 0 aliphatic heterocycles. The van der Waals surface area contributed by atoms with Gasteiger partial charge in [0.1, 0.15) is 5.82 Å². The summed E-state index contributed by atoms with van der Waals surface area (Å²) in [6.07, 6.45) is 7.44. The fourth-order valence-corrected chi connectivity index (χ4v) is 4.70. The van der Waals surface area contributed by atoms with Gasteiger partial charge in [0.15, 0.2) is 0 Å². The molecule has 0 aliphatic carbocycles. The van der Waals surface area contributed by atoms with Crippen molar-refractivity contribution in [3.05, 3.63) is 106 Å². The zero-order valence-electron chi connectivity index (χ0n) is 21.1. The van der Waals surface area contributed by atoms with Crippen LogP contribution in [0.5, 0.6) is 0 Å². The van der Waals surface area contributed by atoms with Crippen LogP contribution in [0.15, 0.2) is 72.8 Å². The highest BCUT2D eigenvalue weighted by atomic mass is 16.1. The van der Waals surface area contributed by atoms with Gasteiger partial charge in [-0.15, -0.1) is 0 Å². The van der Waals surface area contributed by atoms with Gasteiger partial charge >= 0.3 is 0 Å². The highest BCUT2D eigenvalue weighted by Gasteiger charge is 2.13. The van der Waals surface area contributed by atoms with Gasteiger partial charge in [-0.05, 0) is 74.1 Å². The molecule has 0 saturated heterocycles. The number of hydrogen-bond acceptors (Lipinski definition) is 2. The first kappa shape index (κ1) is 24.5. The van der Waals surface area contributed by atoms with Crippen molar-refractivity contribution < 1.29 is 4.79 Å². The lowest BCUT2D eigenvalue weighted by Crippen LogP contribution is -2.22. The Balaban J connectivity index is 1.33. The lowest BCUT2D eigenvalue weighted by molar-refractivity contribution is -0.116. The second-order valence-electron chi connectivity index (χ2n) is 9.33. The first-order valence-corrected chi connectivity index (χ1v) is 12.5. The Kier molecular flexibility index (Phi) is 8.15. The minimum absolute atomic E-state index is 0.0421. The monoisotopic (exact) mass is 465 g/mol. The number of carbonyl (C=O) groups excluding carboxylic acids is 1. The zero-order chi connectivity index (χ0) is 24.6. The van der Waals surface area contributed by atoms with Gasteiger partial charge in [0, 0.05) is 25.6 Å². The molecule has 0 aliphatic rings. The van der Waals surface area contributed by atoms with Crippen LogP contribution in [0.1, 0.15) is 52.9 Å². The zero-order valence-corrected chi connectivity index (χ0v) is 21.1. The molecule has 0 unspecified atom stereocenters. The second kappa shape index (κ2) is 11.7. The van der Waals surface area contributed by atoms with E-state index in [0.29, 0.717) is 6.54 Å². The van der Waals surface area contributed by atoms with Gasteiger partial charge in [-0.3, -0.25) is 4.79 Å².